The van der Waals surface area contributed by atoms with Crippen molar-refractivity contribution in [3.63, 3.8) is 0 Å². The van der Waals surface area contributed by atoms with Gasteiger partial charge in [0.1, 0.15) is 0 Å². The zero-order valence-electron chi connectivity index (χ0n) is 18.2. The standard InChI is InChI=1S/C27H28N4/c1-19-12-20(2)14-24(13-19)26-18-30-17-23(27(26)31-10-8-25(29)9-11-31)7-6-21-4-3-5-22(15-21)16-28/h3-7,12-15,17-18,25H,8-11,29H2,1-2H3/b7-6+. The predicted octanol–water partition coefficient (Wildman–Crippen LogP) is 5.34. The summed E-state index contributed by atoms with van der Waals surface area (Å²) in [5, 5.41) is 9.19. The lowest BCUT2D eigenvalue weighted by Crippen LogP contribution is -2.40. The fourth-order valence-electron chi connectivity index (χ4n) is 4.31. The van der Waals surface area contributed by atoms with E-state index in [0.717, 1.165) is 42.6 Å². The number of nitriles is 1. The van der Waals surface area contributed by atoms with Crippen LogP contribution in [-0.4, -0.2) is 24.1 Å². The summed E-state index contributed by atoms with van der Waals surface area (Å²) in [5.41, 5.74) is 15.0. The van der Waals surface area contributed by atoms with Crippen LogP contribution in [0.5, 0.6) is 0 Å². The lowest BCUT2D eigenvalue weighted by molar-refractivity contribution is 0.501. The van der Waals surface area contributed by atoms with Crippen molar-refractivity contribution in [2.75, 3.05) is 18.0 Å². The molecule has 1 saturated heterocycles. The number of benzene rings is 2. The molecule has 1 aromatic heterocycles. The normalized spacial score (nSPS) is 14.7. The molecular formula is C27H28N4. The van der Waals surface area contributed by atoms with Crippen LogP contribution in [0.3, 0.4) is 0 Å². The Morgan fingerprint density at radius 1 is 1.03 bits per heavy atom. The van der Waals surface area contributed by atoms with Crippen LogP contribution in [0.4, 0.5) is 5.69 Å². The second-order valence-electron chi connectivity index (χ2n) is 8.40. The fourth-order valence-corrected chi connectivity index (χ4v) is 4.31. The molecule has 0 aliphatic carbocycles. The molecule has 1 aliphatic rings. The minimum absolute atomic E-state index is 0.274. The molecule has 4 nitrogen and oxygen atoms in total. The summed E-state index contributed by atoms with van der Waals surface area (Å²) in [6.07, 6.45) is 10.1. The van der Waals surface area contributed by atoms with Crippen molar-refractivity contribution in [3.05, 3.63) is 82.7 Å². The zero-order chi connectivity index (χ0) is 21.8. The molecule has 0 radical (unpaired) electrons. The van der Waals surface area contributed by atoms with Gasteiger partial charge >= 0.3 is 0 Å². The van der Waals surface area contributed by atoms with Gasteiger partial charge < -0.3 is 10.6 Å². The van der Waals surface area contributed by atoms with Gasteiger partial charge in [0.25, 0.3) is 0 Å². The van der Waals surface area contributed by atoms with Crippen LogP contribution in [0.15, 0.2) is 54.9 Å². The molecule has 0 amide bonds. The number of anilines is 1. The van der Waals surface area contributed by atoms with Crippen molar-refractivity contribution < 1.29 is 0 Å². The number of aromatic nitrogens is 1. The van der Waals surface area contributed by atoms with Gasteiger partial charge in [-0.25, -0.2) is 0 Å². The molecule has 3 aromatic rings. The van der Waals surface area contributed by atoms with Gasteiger partial charge in [-0.3, -0.25) is 4.98 Å². The van der Waals surface area contributed by atoms with Crippen LogP contribution >= 0.6 is 0 Å². The van der Waals surface area contributed by atoms with Crippen LogP contribution in [-0.2, 0) is 0 Å². The number of piperidine rings is 1. The van der Waals surface area contributed by atoms with E-state index < -0.39 is 0 Å². The first kappa shape index (κ1) is 20.8. The topological polar surface area (TPSA) is 65.9 Å². The number of hydrogen-bond acceptors (Lipinski definition) is 4. The average Bonchev–Trinajstić information content (AvgIpc) is 2.77. The van der Waals surface area contributed by atoms with E-state index in [1.807, 2.05) is 36.7 Å². The first-order valence-electron chi connectivity index (χ1n) is 10.8. The summed E-state index contributed by atoms with van der Waals surface area (Å²) in [6.45, 7) is 6.15. The van der Waals surface area contributed by atoms with E-state index in [2.05, 4.69) is 60.2 Å². The Balaban J connectivity index is 1.80. The maximum atomic E-state index is 9.19. The van der Waals surface area contributed by atoms with Crippen LogP contribution in [0.25, 0.3) is 23.3 Å². The van der Waals surface area contributed by atoms with Crippen molar-refractivity contribution in [1.82, 2.24) is 4.98 Å². The fraction of sp³-hybridized carbons (Fsp3) is 0.259. The van der Waals surface area contributed by atoms with E-state index in [4.69, 9.17) is 5.73 Å². The molecule has 156 valence electrons. The maximum Gasteiger partial charge on any atom is 0.0991 e. The highest BCUT2D eigenvalue weighted by Gasteiger charge is 2.22. The van der Waals surface area contributed by atoms with Gasteiger partial charge in [0.2, 0.25) is 0 Å². The number of nitrogens with zero attached hydrogens (tertiary/aromatic N) is 3. The second kappa shape index (κ2) is 9.16. The summed E-state index contributed by atoms with van der Waals surface area (Å²) in [6, 6.07) is 16.8. The van der Waals surface area contributed by atoms with Gasteiger partial charge in [0.05, 0.1) is 17.3 Å². The maximum absolute atomic E-state index is 9.19. The Kier molecular flexibility index (Phi) is 6.16. The van der Waals surface area contributed by atoms with Crippen LogP contribution in [0.2, 0.25) is 0 Å². The number of aryl methyl sites for hydroxylation is 2. The zero-order valence-corrected chi connectivity index (χ0v) is 18.2. The van der Waals surface area contributed by atoms with E-state index >= 15 is 0 Å². The van der Waals surface area contributed by atoms with E-state index in [1.54, 1.807) is 0 Å². The second-order valence-corrected chi connectivity index (χ2v) is 8.40. The van der Waals surface area contributed by atoms with Crippen LogP contribution in [0.1, 0.15) is 40.7 Å². The van der Waals surface area contributed by atoms with Gasteiger partial charge in [-0.15, -0.1) is 0 Å². The highest BCUT2D eigenvalue weighted by atomic mass is 15.1. The molecule has 4 rings (SSSR count). The van der Waals surface area contributed by atoms with Crippen molar-refractivity contribution in [3.8, 4) is 17.2 Å². The quantitative estimate of drug-likeness (QED) is 0.633. The van der Waals surface area contributed by atoms with Crippen molar-refractivity contribution in [2.24, 2.45) is 5.73 Å². The van der Waals surface area contributed by atoms with Gasteiger partial charge in [-0.1, -0.05) is 53.6 Å². The van der Waals surface area contributed by atoms with E-state index in [9.17, 15) is 5.26 Å². The monoisotopic (exact) mass is 408 g/mol. The molecule has 2 aromatic carbocycles. The largest absolute Gasteiger partial charge is 0.370 e. The highest BCUT2D eigenvalue weighted by molar-refractivity contribution is 5.87. The number of nitrogens with two attached hydrogens (primary N) is 1. The number of pyridine rings is 1. The first-order chi connectivity index (χ1) is 15.0. The predicted molar refractivity (Wildman–Crippen MR) is 129 cm³/mol. The summed E-state index contributed by atoms with van der Waals surface area (Å²) in [7, 11) is 0. The first-order valence-corrected chi connectivity index (χ1v) is 10.8. The third kappa shape index (κ3) is 4.84. The van der Waals surface area contributed by atoms with Crippen molar-refractivity contribution in [1.29, 1.82) is 5.26 Å². The van der Waals surface area contributed by atoms with Gasteiger partial charge in [0, 0.05) is 42.7 Å². The van der Waals surface area contributed by atoms with E-state index in [0.29, 0.717) is 5.56 Å². The minimum atomic E-state index is 0.274. The van der Waals surface area contributed by atoms with Gasteiger partial charge in [-0.2, -0.15) is 5.26 Å². The van der Waals surface area contributed by atoms with Crippen molar-refractivity contribution >= 4 is 17.8 Å². The summed E-state index contributed by atoms with van der Waals surface area (Å²) in [4.78, 5) is 7.03. The number of rotatable bonds is 4. The molecule has 0 atom stereocenters. The van der Waals surface area contributed by atoms with Crippen LogP contribution < -0.4 is 10.6 Å². The van der Waals surface area contributed by atoms with Gasteiger partial charge in [-0.05, 0) is 49.9 Å². The molecule has 2 heterocycles. The molecule has 31 heavy (non-hydrogen) atoms. The molecular weight excluding hydrogens is 380 g/mol. The molecule has 0 saturated carbocycles. The molecule has 0 bridgehead atoms. The molecule has 1 aliphatic heterocycles. The Labute approximate surface area is 184 Å². The third-order valence-electron chi connectivity index (χ3n) is 5.81. The minimum Gasteiger partial charge on any atom is -0.370 e. The smallest absolute Gasteiger partial charge is 0.0991 e. The Hall–Kier alpha value is -3.42. The SMILES string of the molecule is Cc1cc(C)cc(-c2cncc(/C=C/c3cccc(C#N)c3)c2N2CCC(N)CC2)c1. The Morgan fingerprint density at radius 3 is 2.48 bits per heavy atom. The van der Waals surface area contributed by atoms with E-state index in [-0.39, 0.29) is 6.04 Å². The summed E-state index contributed by atoms with van der Waals surface area (Å²) in [5.74, 6) is 0. The molecule has 0 unspecified atom stereocenters. The molecule has 2 N–H and O–H groups in total. The average molecular weight is 409 g/mol. The van der Waals surface area contributed by atoms with Crippen molar-refractivity contribution in [2.45, 2.75) is 32.7 Å². The molecule has 4 heteroatoms. The molecule has 1 fully saturated rings. The lowest BCUT2D eigenvalue weighted by atomic mass is 9.96. The summed E-state index contributed by atoms with van der Waals surface area (Å²) < 4.78 is 0. The number of hydrogen-bond donors (Lipinski definition) is 1. The van der Waals surface area contributed by atoms with Gasteiger partial charge in [0.15, 0.2) is 0 Å². The Bertz CT molecular complexity index is 1130. The van der Waals surface area contributed by atoms with E-state index in [1.165, 1.54) is 22.4 Å². The lowest BCUT2D eigenvalue weighted by Gasteiger charge is -2.34. The summed E-state index contributed by atoms with van der Waals surface area (Å²) >= 11 is 0. The highest BCUT2D eigenvalue weighted by Crippen LogP contribution is 2.36. The third-order valence-corrected chi connectivity index (χ3v) is 5.81. The van der Waals surface area contributed by atoms with Crippen LogP contribution in [0, 0.1) is 25.2 Å². The molecule has 0 spiro atoms. The Morgan fingerprint density at radius 2 is 1.77 bits per heavy atom.